The molecule has 1 aliphatic rings. The molecule has 1 aromatic carbocycles. The Kier molecular flexibility index (Phi) is 4.98. The van der Waals surface area contributed by atoms with Crippen molar-refractivity contribution in [3.05, 3.63) is 39.8 Å². The van der Waals surface area contributed by atoms with E-state index in [9.17, 15) is 0 Å². The van der Waals surface area contributed by atoms with E-state index in [0.29, 0.717) is 16.3 Å². The molecule has 1 heterocycles. The summed E-state index contributed by atoms with van der Waals surface area (Å²) in [5.41, 5.74) is 1.46. The molecule has 1 aliphatic heterocycles. The third-order valence-electron chi connectivity index (χ3n) is 4.21. The van der Waals surface area contributed by atoms with E-state index in [4.69, 9.17) is 26.2 Å². The van der Waals surface area contributed by atoms with Gasteiger partial charge in [0, 0.05) is 10.8 Å². The molecule has 0 amide bonds. The minimum Gasteiger partial charge on any atom is -0.400 e. The van der Waals surface area contributed by atoms with E-state index in [0.717, 1.165) is 11.0 Å². The number of thiol groups is 1. The van der Waals surface area contributed by atoms with Crippen molar-refractivity contribution in [3.8, 4) is 6.07 Å². The molecule has 0 aliphatic carbocycles. The molecule has 1 saturated heterocycles. The molecule has 0 bridgehead atoms. The molecule has 0 N–H and O–H groups in total. The molecule has 0 unspecified atom stereocenters. The highest BCUT2D eigenvalue weighted by Gasteiger charge is 2.52. The molecule has 0 saturated carbocycles. The number of rotatable bonds is 3. The van der Waals surface area contributed by atoms with Crippen molar-refractivity contribution in [1.29, 1.82) is 5.26 Å². The van der Waals surface area contributed by atoms with Crippen LogP contribution in [0.5, 0.6) is 0 Å². The lowest BCUT2D eigenvalue weighted by Gasteiger charge is -2.32. The lowest BCUT2D eigenvalue weighted by Crippen LogP contribution is -2.41. The number of nitriles is 1. The highest BCUT2D eigenvalue weighted by molar-refractivity contribution is 7.80. The second-order valence-electron chi connectivity index (χ2n) is 6.31. The second-order valence-corrected chi connectivity index (χ2v) is 7.04. The maximum absolute atomic E-state index is 8.89. The van der Waals surface area contributed by atoms with Crippen molar-refractivity contribution < 1.29 is 9.31 Å². The lowest BCUT2D eigenvalue weighted by atomic mass is 9.78. The van der Waals surface area contributed by atoms with E-state index < -0.39 is 18.3 Å². The Balaban J connectivity index is 2.32. The van der Waals surface area contributed by atoms with Crippen LogP contribution in [0.1, 0.15) is 38.8 Å². The summed E-state index contributed by atoms with van der Waals surface area (Å²) in [7, 11) is -0.450. The van der Waals surface area contributed by atoms with Gasteiger partial charge in [0.05, 0.1) is 22.8 Å². The first-order chi connectivity index (χ1) is 10.2. The minimum absolute atomic E-state index is 0.395. The largest absolute Gasteiger partial charge is 0.491 e. The third kappa shape index (κ3) is 3.36. The van der Waals surface area contributed by atoms with Gasteiger partial charge >= 0.3 is 7.12 Å². The van der Waals surface area contributed by atoms with E-state index in [-0.39, 0.29) is 0 Å². The van der Waals surface area contributed by atoms with Crippen LogP contribution in [-0.4, -0.2) is 24.1 Å². The Bertz CT molecular complexity index is 636. The van der Waals surface area contributed by atoms with Gasteiger partial charge in [0.1, 0.15) is 0 Å². The average molecular weight is 336 g/mol. The third-order valence-corrected chi connectivity index (χ3v) is 4.90. The molecule has 6 heteroatoms. The summed E-state index contributed by atoms with van der Waals surface area (Å²) in [5, 5.41) is 9.42. The number of hydrogen-bond acceptors (Lipinski definition) is 4. The van der Waals surface area contributed by atoms with Gasteiger partial charge < -0.3 is 9.31 Å². The molecular weight excluding hydrogens is 317 g/mol. The van der Waals surface area contributed by atoms with Crippen LogP contribution in [0.3, 0.4) is 0 Å². The summed E-state index contributed by atoms with van der Waals surface area (Å²) in [6.45, 7) is 8.05. The van der Waals surface area contributed by atoms with Crippen LogP contribution in [0.2, 0.25) is 5.02 Å². The van der Waals surface area contributed by atoms with Crippen molar-refractivity contribution in [2.75, 3.05) is 5.75 Å². The molecule has 0 spiro atoms. The first kappa shape index (κ1) is 17.4. The minimum atomic E-state index is -0.450. The molecule has 1 aromatic rings. The quantitative estimate of drug-likeness (QED) is 0.666. The molecule has 3 nitrogen and oxygen atoms in total. The van der Waals surface area contributed by atoms with Crippen LogP contribution < -0.4 is 0 Å². The van der Waals surface area contributed by atoms with E-state index in [2.05, 4.69) is 18.7 Å². The molecular formula is C16H19BClNO2S. The average Bonchev–Trinajstić information content (AvgIpc) is 2.65. The van der Waals surface area contributed by atoms with Crippen molar-refractivity contribution in [2.45, 2.75) is 38.9 Å². The van der Waals surface area contributed by atoms with Crippen molar-refractivity contribution in [1.82, 2.24) is 0 Å². The Morgan fingerprint density at radius 3 is 2.36 bits per heavy atom. The zero-order chi connectivity index (χ0) is 16.5. The summed E-state index contributed by atoms with van der Waals surface area (Å²) in [4.78, 5) is 0. The van der Waals surface area contributed by atoms with E-state index in [1.165, 1.54) is 0 Å². The molecule has 116 valence electrons. The highest BCUT2D eigenvalue weighted by Crippen LogP contribution is 2.39. The predicted octanol–water partition coefficient (Wildman–Crippen LogP) is 4.16. The number of nitrogens with zero attached hydrogens (tertiary/aromatic N) is 1. The number of benzene rings is 1. The van der Waals surface area contributed by atoms with Gasteiger partial charge in [-0.2, -0.15) is 17.9 Å². The first-order valence-electron chi connectivity index (χ1n) is 7.07. The van der Waals surface area contributed by atoms with Crippen LogP contribution in [-0.2, 0) is 9.31 Å². The topological polar surface area (TPSA) is 42.2 Å². The standard InChI is InChI=1S/C16H19BClNO2S/c1-15(2)16(3,4)21-17(20-15)13(10-22)8-12-6-5-11(9-19)7-14(12)18/h5-8,22H,10H2,1-4H3. The summed E-state index contributed by atoms with van der Waals surface area (Å²) in [6.07, 6.45) is 1.92. The van der Waals surface area contributed by atoms with Crippen LogP contribution in [0, 0.1) is 11.3 Å². The molecule has 0 atom stereocenters. The van der Waals surface area contributed by atoms with Crippen LogP contribution in [0.25, 0.3) is 6.08 Å². The van der Waals surface area contributed by atoms with Crippen molar-refractivity contribution in [2.24, 2.45) is 0 Å². The molecule has 22 heavy (non-hydrogen) atoms. The van der Waals surface area contributed by atoms with Gasteiger partial charge in [-0.3, -0.25) is 0 Å². The zero-order valence-corrected chi connectivity index (χ0v) is 14.8. The van der Waals surface area contributed by atoms with Crippen LogP contribution in [0.15, 0.2) is 23.7 Å². The SMILES string of the molecule is CC1(C)OB(C(=Cc2ccc(C#N)cc2Cl)CS)OC1(C)C. The molecule has 2 rings (SSSR count). The Morgan fingerprint density at radius 1 is 1.32 bits per heavy atom. The first-order valence-corrected chi connectivity index (χ1v) is 8.08. The maximum Gasteiger partial charge on any atom is 0.491 e. The van der Waals surface area contributed by atoms with Gasteiger partial charge in [0.15, 0.2) is 0 Å². The van der Waals surface area contributed by atoms with Gasteiger partial charge in [-0.1, -0.05) is 23.7 Å². The predicted molar refractivity (Wildman–Crippen MR) is 94.1 cm³/mol. The number of hydrogen-bond donors (Lipinski definition) is 1. The van der Waals surface area contributed by atoms with Gasteiger partial charge in [-0.15, -0.1) is 0 Å². The van der Waals surface area contributed by atoms with Crippen molar-refractivity contribution in [3.63, 3.8) is 0 Å². The van der Waals surface area contributed by atoms with Crippen LogP contribution >= 0.6 is 24.2 Å². The molecule has 0 radical (unpaired) electrons. The van der Waals surface area contributed by atoms with E-state index >= 15 is 0 Å². The molecule has 0 aromatic heterocycles. The fraction of sp³-hybridized carbons (Fsp3) is 0.438. The Hall–Kier alpha value is -0.925. The second kappa shape index (κ2) is 6.29. The Labute approximate surface area is 142 Å². The smallest absolute Gasteiger partial charge is 0.400 e. The van der Waals surface area contributed by atoms with Gasteiger partial charge in [0.25, 0.3) is 0 Å². The summed E-state index contributed by atoms with van der Waals surface area (Å²) in [6, 6.07) is 7.27. The highest BCUT2D eigenvalue weighted by atomic mass is 35.5. The lowest BCUT2D eigenvalue weighted by molar-refractivity contribution is 0.00578. The number of halogens is 1. The maximum atomic E-state index is 8.89. The van der Waals surface area contributed by atoms with Gasteiger partial charge in [0.2, 0.25) is 0 Å². The zero-order valence-electron chi connectivity index (χ0n) is 13.2. The Morgan fingerprint density at radius 2 is 1.91 bits per heavy atom. The van der Waals surface area contributed by atoms with Gasteiger partial charge in [-0.05, 0) is 50.9 Å². The fourth-order valence-corrected chi connectivity index (χ4v) is 2.57. The van der Waals surface area contributed by atoms with Crippen LogP contribution in [0.4, 0.5) is 0 Å². The summed E-state index contributed by atoms with van der Waals surface area (Å²) in [5.74, 6) is 0.493. The summed E-state index contributed by atoms with van der Waals surface area (Å²) < 4.78 is 12.1. The normalized spacial score (nSPS) is 20.0. The fourth-order valence-electron chi connectivity index (χ4n) is 2.10. The monoisotopic (exact) mass is 335 g/mol. The van der Waals surface area contributed by atoms with E-state index in [1.807, 2.05) is 39.8 Å². The van der Waals surface area contributed by atoms with E-state index in [1.54, 1.807) is 12.1 Å². The summed E-state index contributed by atoms with van der Waals surface area (Å²) >= 11 is 10.6. The van der Waals surface area contributed by atoms with Gasteiger partial charge in [-0.25, -0.2) is 0 Å². The molecule has 1 fully saturated rings. The van der Waals surface area contributed by atoms with Crippen molar-refractivity contribution >= 4 is 37.4 Å².